The number of hydrogen-bond donors (Lipinski definition) is 0. The van der Waals surface area contributed by atoms with Gasteiger partial charge in [-0.15, -0.1) is 0 Å². The van der Waals surface area contributed by atoms with Crippen LogP contribution in [0.15, 0.2) is 12.1 Å². The zero-order chi connectivity index (χ0) is 17.7. The molecule has 132 valence electrons. The summed E-state index contributed by atoms with van der Waals surface area (Å²) in [6.07, 6.45) is 6.28. The zero-order valence-corrected chi connectivity index (χ0v) is 16.2. The van der Waals surface area contributed by atoms with Crippen LogP contribution in [0.4, 0.5) is 0 Å². The van der Waals surface area contributed by atoms with E-state index in [1.807, 2.05) is 6.07 Å². The molecule has 2 aliphatic carbocycles. The van der Waals surface area contributed by atoms with E-state index in [4.69, 9.17) is 4.74 Å². The average molecular weight is 328 g/mol. The number of ether oxygens (including phenoxy) is 1. The molecule has 1 aromatic rings. The molecule has 0 saturated heterocycles. The van der Waals surface area contributed by atoms with Crippen LogP contribution >= 0.6 is 0 Å². The standard InChI is InChI=1S/C22H32O2/c1-14(2)20-16-8-11-19-21(4,5)12-7-13-22(19,6)17(16)9-10-18(20)24-15(3)23/h9-10,14,19H,7-8,11-13H2,1-6H3/t19-,22-/m1/s1. The lowest BCUT2D eigenvalue weighted by atomic mass is 9.50. The van der Waals surface area contributed by atoms with Crippen LogP contribution in [0.1, 0.15) is 89.8 Å². The summed E-state index contributed by atoms with van der Waals surface area (Å²) in [5.74, 6) is 1.65. The van der Waals surface area contributed by atoms with Gasteiger partial charge in [-0.1, -0.05) is 47.1 Å². The Kier molecular flexibility index (Phi) is 4.30. The van der Waals surface area contributed by atoms with Gasteiger partial charge in [-0.05, 0) is 65.5 Å². The Labute approximate surface area is 147 Å². The van der Waals surface area contributed by atoms with Crippen molar-refractivity contribution in [2.75, 3.05) is 0 Å². The molecule has 0 N–H and O–H groups in total. The first-order valence-electron chi connectivity index (χ1n) is 9.51. The first kappa shape index (κ1) is 17.5. The van der Waals surface area contributed by atoms with Crippen LogP contribution in [0.5, 0.6) is 5.75 Å². The minimum atomic E-state index is -0.226. The van der Waals surface area contributed by atoms with Crippen molar-refractivity contribution in [2.24, 2.45) is 11.3 Å². The van der Waals surface area contributed by atoms with Gasteiger partial charge in [0.25, 0.3) is 0 Å². The minimum Gasteiger partial charge on any atom is -0.426 e. The molecular formula is C22H32O2. The second-order valence-corrected chi connectivity index (χ2v) is 9.10. The molecule has 1 aromatic carbocycles. The Bertz CT molecular complexity index is 656. The molecule has 0 unspecified atom stereocenters. The maximum atomic E-state index is 11.5. The number of benzene rings is 1. The molecule has 0 heterocycles. The lowest BCUT2D eigenvalue weighted by Crippen LogP contribution is -2.48. The second kappa shape index (κ2) is 5.89. The first-order chi connectivity index (χ1) is 11.2. The van der Waals surface area contributed by atoms with Gasteiger partial charge < -0.3 is 4.74 Å². The number of carbonyl (C=O) groups is 1. The van der Waals surface area contributed by atoms with Crippen molar-refractivity contribution >= 4 is 5.97 Å². The smallest absolute Gasteiger partial charge is 0.308 e. The van der Waals surface area contributed by atoms with Gasteiger partial charge in [0.15, 0.2) is 0 Å². The summed E-state index contributed by atoms with van der Waals surface area (Å²) in [6.45, 7) is 13.3. The van der Waals surface area contributed by atoms with Gasteiger partial charge in [0.1, 0.15) is 5.75 Å². The SMILES string of the molecule is CC(=O)Oc1ccc2c(c1C(C)C)CC[C@@H]1C(C)(C)CCC[C@]21C. The summed E-state index contributed by atoms with van der Waals surface area (Å²) in [5.41, 5.74) is 4.91. The molecule has 24 heavy (non-hydrogen) atoms. The predicted octanol–water partition coefficient (Wildman–Crippen LogP) is 5.77. The van der Waals surface area contributed by atoms with Crippen LogP contribution in [-0.2, 0) is 16.6 Å². The van der Waals surface area contributed by atoms with Gasteiger partial charge in [-0.2, -0.15) is 0 Å². The van der Waals surface area contributed by atoms with Crippen molar-refractivity contribution in [3.63, 3.8) is 0 Å². The monoisotopic (exact) mass is 328 g/mol. The van der Waals surface area contributed by atoms with Crippen molar-refractivity contribution in [2.45, 2.75) is 85.0 Å². The predicted molar refractivity (Wildman–Crippen MR) is 98.6 cm³/mol. The second-order valence-electron chi connectivity index (χ2n) is 9.10. The molecule has 0 radical (unpaired) electrons. The number of fused-ring (bicyclic) bond motifs is 3. The molecule has 0 amide bonds. The largest absolute Gasteiger partial charge is 0.426 e. The number of rotatable bonds is 2. The van der Waals surface area contributed by atoms with E-state index < -0.39 is 0 Å². The molecular weight excluding hydrogens is 296 g/mol. The maximum absolute atomic E-state index is 11.5. The van der Waals surface area contributed by atoms with E-state index in [1.54, 1.807) is 0 Å². The van der Waals surface area contributed by atoms with Gasteiger partial charge >= 0.3 is 5.97 Å². The zero-order valence-electron chi connectivity index (χ0n) is 16.2. The Morgan fingerprint density at radius 1 is 1.21 bits per heavy atom. The normalized spacial score (nSPS) is 28.2. The fourth-order valence-electron chi connectivity index (χ4n) is 5.77. The van der Waals surface area contributed by atoms with Crippen LogP contribution in [-0.4, -0.2) is 5.97 Å². The molecule has 2 heteroatoms. The van der Waals surface area contributed by atoms with Gasteiger partial charge in [-0.3, -0.25) is 4.79 Å². The summed E-state index contributed by atoms with van der Waals surface area (Å²) < 4.78 is 5.54. The van der Waals surface area contributed by atoms with Crippen LogP contribution in [0.3, 0.4) is 0 Å². The summed E-state index contributed by atoms with van der Waals surface area (Å²) in [7, 11) is 0. The van der Waals surface area contributed by atoms with Gasteiger partial charge in [0.05, 0.1) is 0 Å². The molecule has 2 nitrogen and oxygen atoms in total. The molecule has 2 aliphatic rings. The van der Waals surface area contributed by atoms with Crippen LogP contribution < -0.4 is 4.74 Å². The van der Waals surface area contributed by atoms with Crippen molar-refractivity contribution in [1.82, 2.24) is 0 Å². The highest BCUT2D eigenvalue weighted by Crippen LogP contribution is 2.58. The van der Waals surface area contributed by atoms with E-state index in [2.05, 4.69) is 40.7 Å². The average Bonchev–Trinajstić information content (AvgIpc) is 2.44. The molecule has 3 rings (SSSR count). The van der Waals surface area contributed by atoms with E-state index in [1.165, 1.54) is 49.3 Å². The van der Waals surface area contributed by atoms with Crippen LogP contribution in [0, 0.1) is 11.3 Å². The lowest BCUT2D eigenvalue weighted by molar-refractivity contribution is -0.131. The van der Waals surface area contributed by atoms with Crippen molar-refractivity contribution in [3.8, 4) is 5.75 Å². The van der Waals surface area contributed by atoms with E-state index in [0.29, 0.717) is 11.3 Å². The van der Waals surface area contributed by atoms with E-state index in [-0.39, 0.29) is 11.4 Å². The lowest BCUT2D eigenvalue weighted by Gasteiger charge is -2.54. The molecule has 0 spiro atoms. The molecule has 0 aliphatic heterocycles. The summed E-state index contributed by atoms with van der Waals surface area (Å²) in [6, 6.07) is 4.30. The molecule has 1 saturated carbocycles. The number of esters is 1. The third kappa shape index (κ3) is 2.68. The highest BCUT2D eigenvalue weighted by atomic mass is 16.5. The van der Waals surface area contributed by atoms with E-state index >= 15 is 0 Å². The van der Waals surface area contributed by atoms with E-state index in [9.17, 15) is 4.79 Å². The van der Waals surface area contributed by atoms with Crippen molar-refractivity contribution in [3.05, 3.63) is 28.8 Å². The fraction of sp³-hybridized carbons (Fsp3) is 0.682. The third-order valence-electron chi connectivity index (χ3n) is 6.68. The highest BCUT2D eigenvalue weighted by molar-refractivity contribution is 5.70. The number of carbonyl (C=O) groups excluding carboxylic acids is 1. The van der Waals surface area contributed by atoms with Gasteiger partial charge in [-0.25, -0.2) is 0 Å². The summed E-state index contributed by atoms with van der Waals surface area (Å²) >= 11 is 0. The molecule has 1 fully saturated rings. The summed E-state index contributed by atoms with van der Waals surface area (Å²) in [4.78, 5) is 11.5. The summed E-state index contributed by atoms with van der Waals surface area (Å²) in [5, 5.41) is 0. The Morgan fingerprint density at radius 3 is 2.54 bits per heavy atom. The van der Waals surface area contributed by atoms with Gasteiger partial charge in [0, 0.05) is 12.5 Å². The quantitative estimate of drug-likeness (QED) is 0.509. The van der Waals surface area contributed by atoms with Gasteiger partial charge in [0.2, 0.25) is 0 Å². The maximum Gasteiger partial charge on any atom is 0.308 e. The fourth-order valence-corrected chi connectivity index (χ4v) is 5.77. The van der Waals surface area contributed by atoms with E-state index in [0.717, 1.165) is 18.1 Å². The first-order valence-corrected chi connectivity index (χ1v) is 9.51. The molecule has 0 bridgehead atoms. The van der Waals surface area contributed by atoms with Crippen LogP contribution in [0.25, 0.3) is 0 Å². The van der Waals surface area contributed by atoms with Crippen LogP contribution in [0.2, 0.25) is 0 Å². The topological polar surface area (TPSA) is 26.3 Å². The Morgan fingerprint density at radius 2 is 1.92 bits per heavy atom. The molecule has 2 atom stereocenters. The third-order valence-corrected chi connectivity index (χ3v) is 6.68. The Balaban J connectivity index is 2.15. The Hall–Kier alpha value is -1.31. The number of hydrogen-bond acceptors (Lipinski definition) is 2. The van der Waals surface area contributed by atoms with Crippen molar-refractivity contribution < 1.29 is 9.53 Å². The molecule has 0 aromatic heterocycles. The van der Waals surface area contributed by atoms with Crippen molar-refractivity contribution in [1.29, 1.82) is 0 Å². The minimum absolute atomic E-state index is 0.226. The highest BCUT2D eigenvalue weighted by Gasteiger charge is 2.50.